The first-order valence-corrected chi connectivity index (χ1v) is 10.3. The van der Waals surface area contributed by atoms with Crippen molar-refractivity contribution in [3.8, 4) is 0 Å². The molecule has 0 aromatic heterocycles. The highest BCUT2D eigenvalue weighted by Crippen LogP contribution is 2.48. The minimum atomic E-state index is -0.774. The molecule has 1 nitrogen and oxygen atoms in total. The van der Waals surface area contributed by atoms with E-state index in [0.717, 1.165) is 6.42 Å². The maximum atomic E-state index is 6.50. The Hall–Kier alpha value is -0.383. The standard InChI is InChI=1S/C17H24BrOSi/c1-16(2,3)17(4,19-20(5)6)14-11-10-13-12(14)8-7-9-15(13)18/h7-9,11H,10H2,1-6H3. The zero-order valence-electron chi connectivity index (χ0n) is 13.3. The molecule has 1 radical (unpaired) electrons. The summed E-state index contributed by atoms with van der Waals surface area (Å²) in [6, 6.07) is 6.47. The minimum absolute atomic E-state index is 0.0602. The third-order valence-electron chi connectivity index (χ3n) is 4.27. The fraction of sp³-hybridized carbons (Fsp3) is 0.529. The average Bonchev–Trinajstić information content (AvgIpc) is 2.72. The second kappa shape index (κ2) is 5.43. The molecule has 0 fully saturated rings. The van der Waals surface area contributed by atoms with Crippen LogP contribution in [0.1, 0.15) is 38.8 Å². The van der Waals surface area contributed by atoms with Crippen molar-refractivity contribution in [2.75, 3.05) is 0 Å². The molecule has 1 aromatic rings. The lowest BCUT2D eigenvalue weighted by Crippen LogP contribution is -2.46. The minimum Gasteiger partial charge on any atom is -0.407 e. The summed E-state index contributed by atoms with van der Waals surface area (Å²) >= 11 is 3.68. The van der Waals surface area contributed by atoms with Crippen LogP contribution in [-0.2, 0) is 10.8 Å². The van der Waals surface area contributed by atoms with Crippen molar-refractivity contribution < 1.29 is 4.43 Å². The van der Waals surface area contributed by atoms with Gasteiger partial charge in [-0.25, -0.2) is 0 Å². The summed E-state index contributed by atoms with van der Waals surface area (Å²) in [7, 11) is -0.774. The van der Waals surface area contributed by atoms with Gasteiger partial charge in [-0.1, -0.05) is 54.9 Å². The van der Waals surface area contributed by atoms with Gasteiger partial charge in [-0.3, -0.25) is 0 Å². The van der Waals surface area contributed by atoms with Gasteiger partial charge < -0.3 is 4.43 Å². The van der Waals surface area contributed by atoms with Crippen LogP contribution in [-0.4, -0.2) is 14.6 Å². The van der Waals surface area contributed by atoms with Crippen LogP contribution in [0.4, 0.5) is 0 Å². The van der Waals surface area contributed by atoms with E-state index in [4.69, 9.17) is 4.43 Å². The molecule has 1 aliphatic rings. The van der Waals surface area contributed by atoms with Crippen LogP contribution in [0.3, 0.4) is 0 Å². The van der Waals surface area contributed by atoms with E-state index in [1.807, 2.05) is 0 Å². The summed E-state index contributed by atoms with van der Waals surface area (Å²) < 4.78 is 7.71. The van der Waals surface area contributed by atoms with E-state index >= 15 is 0 Å². The molecule has 1 atom stereocenters. The van der Waals surface area contributed by atoms with E-state index in [-0.39, 0.29) is 11.0 Å². The van der Waals surface area contributed by atoms with Gasteiger partial charge in [0, 0.05) is 4.47 Å². The normalized spacial score (nSPS) is 17.9. The molecule has 2 rings (SSSR count). The van der Waals surface area contributed by atoms with E-state index in [1.54, 1.807) is 0 Å². The predicted molar refractivity (Wildman–Crippen MR) is 92.3 cm³/mol. The van der Waals surface area contributed by atoms with E-state index in [2.05, 4.69) is 81.0 Å². The maximum absolute atomic E-state index is 6.50. The zero-order valence-corrected chi connectivity index (χ0v) is 15.9. The molecule has 109 valence electrons. The summed E-state index contributed by atoms with van der Waals surface area (Å²) in [5.74, 6) is 0. The topological polar surface area (TPSA) is 9.23 Å². The molecular weight excluding hydrogens is 328 g/mol. The number of halogens is 1. The number of hydrogen-bond donors (Lipinski definition) is 0. The first-order chi connectivity index (χ1) is 9.17. The number of fused-ring (bicyclic) bond motifs is 1. The lowest BCUT2D eigenvalue weighted by Gasteiger charge is -2.45. The third kappa shape index (κ3) is 2.68. The van der Waals surface area contributed by atoms with Gasteiger partial charge in [-0.05, 0) is 54.6 Å². The molecule has 1 aromatic carbocycles. The van der Waals surface area contributed by atoms with Gasteiger partial charge in [0.05, 0.1) is 5.60 Å². The summed E-state index contributed by atoms with van der Waals surface area (Å²) in [6.45, 7) is 13.5. The van der Waals surface area contributed by atoms with Gasteiger partial charge in [0.15, 0.2) is 0 Å². The van der Waals surface area contributed by atoms with Crippen molar-refractivity contribution in [1.82, 2.24) is 0 Å². The third-order valence-corrected chi connectivity index (χ3v) is 5.83. The SMILES string of the molecule is C[Si](C)OC(C)(C1=CCc2c(Br)cccc21)C(C)(C)C. The van der Waals surface area contributed by atoms with Gasteiger partial charge in [0.2, 0.25) is 9.04 Å². The maximum Gasteiger partial charge on any atom is 0.206 e. The fourth-order valence-electron chi connectivity index (χ4n) is 2.80. The lowest BCUT2D eigenvalue weighted by molar-refractivity contribution is 0.0369. The second-order valence-electron chi connectivity index (χ2n) is 6.88. The number of hydrogen-bond acceptors (Lipinski definition) is 1. The Morgan fingerprint density at radius 1 is 1.15 bits per heavy atom. The van der Waals surface area contributed by atoms with Crippen molar-refractivity contribution >= 4 is 30.5 Å². The smallest absolute Gasteiger partial charge is 0.206 e. The Bertz CT molecular complexity index is 542. The molecule has 0 aliphatic heterocycles. The van der Waals surface area contributed by atoms with Crippen molar-refractivity contribution in [1.29, 1.82) is 0 Å². The molecule has 0 heterocycles. The highest BCUT2D eigenvalue weighted by atomic mass is 79.9. The van der Waals surface area contributed by atoms with Crippen molar-refractivity contribution in [2.45, 2.75) is 52.8 Å². The first-order valence-electron chi connectivity index (χ1n) is 7.14. The van der Waals surface area contributed by atoms with Crippen LogP contribution in [0, 0.1) is 5.41 Å². The first kappa shape index (κ1) is 16.0. The molecular formula is C17H24BrOSi. The van der Waals surface area contributed by atoms with Crippen LogP contribution in [0.25, 0.3) is 5.57 Å². The van der Waals surface area contributed by atoms with Gasteiger partial charge in [0.1, 0.15) is 0 Å². The average molecular weight is 352 g/mol. The monoisotopic (exact) mass is 351 g/mol. The van der Waals surface area contributed by atoms with Crippen LogP contribution in [0.5, 0.6) is 0 Å². The van der Waals surface area contributed by atoms with Gasteiger partial charge >= 0.3 is 0 Å². The molecule has 0 N–H and O–H groups in total. The highest BCUT2D eigenvalue weighted by molar-refractivity contribution is 9.10. The Morgan fingerprint density at radius 2 is 1.80 bits per heavy atom. The molecule has 0 saturated carbocycles. The Morgan fingerprint density at radius 3 is 2.35 bits per heavy atom. The summed E-state index contributed by atoms with van der Waals surface area (Å²) in [5, 5.41) is 0. The van der Waals surface area contributed by atoms with Crippen LogP contribution >= 0.6 is 15.9 Å². The molecule has 1 unspecified atom stereocenters. The Balaban J connectivity index is 2.52. The largest absolute Gasteiger partial charge is 0.407 e. The lowest BCUT2D eigenvalue weighted by atomic mass is 9.72. The second-order valence-corrected chi connectivity index (χ2v) is 9.76. The predicted octanol–water partition coefficient (Wildman–Crippen LogP) is 5.46. The van der Waals surface area contributed by atoms with Crippen molar-refractivity contribution in [3.05, 3.63) is 39.9 Å². The Kier molecular flexibility index (Phi) is 4.34. The number of benzene rings is 1. The van der Waals surface area contributed by atoms with Gasteiger partial charge in [0.25, 0.3) is 0 Å². The van der Waals surface area contributed by atoms with Crippen LogP contribution in [0.2, 0.25) is 13.1 Å². The van der Waals surface area contributed by atoms with Gasteiger partial charge in [-0.2, -0.15) is 0 Å². The summed E-state index contributed by atoms with van der Waals surface area (Å²) in [5.41, 5.74) is 3.91. The summed E-state index contributed by atoms with van der Waals surface area (Å²) in [4.78, 5) is 0. The van der Waals surface area contributed by atoms with E-state index < -0.39 is 9.04 Å². The molecule has 0 amide bonds. The van der Waals surface area contributed by atoms with Gasteiger partial charge in [-0.15, -0.1) is 0 Å². The highest BCUT2D eigenvalue weighted by Gasteiger charge is 2.44. The Labute approximate surface area is 133 Å². The molecule has 0 bridgehead atoms. The fourth-order valence-corrected chi connectivity index (χ4v) is 4.57. The van der Waals surface area contributed by atoms with E-state index in [1.165, 1.54) is 21.2 Å². The van der Waals surface area contributed by atoms with Crippen LogP contribution < -0.4 is 0 Å². The summed E-state index contributed by atoms with van der Waals surface area (Å²) in [6.07, 6.45) is 3.35. The van der Waals surface area contributed by atoms with E-state index in [0.29, 0.717) is 0 Å². The van der Waals surface area contributed by atoms with E-state index in [9.17, 15) is 0 Å². The molecule has 20 heavy (non-hydrogen) atoms. The molecule has 3 heteroatoms. The molecule has 0 saturated heterocycles. The van der Waals surface area contributed by atoms with Crippen LogP contribution in [0.15, 0.2) is 28.7 Å². The number of rotatable bonds is 3. The molecule has 1 aliphatic carbocycles. The quantitative estimate of drug-likeness (QED) is 0.656. The van der Waals surface area contributed by atoms with Crippen molar-refractivity contribution in [3.63, 3.8) is 0 Å². The van der Waals surface area contributed by atoms with Crippen molar-refractivity contribution in [2.24, 2.45) is 5.41 Å². The molecule has 0 spiro atoms. The number of allylic oxidation sites excluding steroid dienone is 1. The zero-order chi connectivity index (χ0) is 15.1.